The molecule has 3 aromatic rings. The average Bonchev–Trinajstić information content (AvgIpc) is 3.17. The van der Waals surface area contributed by atoms with Crippen LogP contribution in [0.15, 0.2) is 72.8 Å². The predicted molar refractivity (Wildman–Crippen MR) is 224 cm³/mol. The minimum Gasteiger partial charge on any atom is -0.423 e. The van der Waals surface area contributed by atoms with E-state index in [1.807, 2.05) is 42.5 Å². The lowest BCUT2D eigenvalue weighted by atomic mass is 10.0. The maximum Gasteiger partial charge on any atom is 0.343 e. The molecule has 3 aromatic carbocycles. The van der Waals surface area contributed by atoms with Gasteiger partial charge in [0.1, 0.15) is 5.75 Å². The number of rotatable bonds is 31. The van der Waals surface area contributed by atoms with E-state index in [9.17, 15) is 4.79 Å². The van der Waals surface area contributed by atoms with Gasteiger partial charge in [-0.1, -0.05) is 210 Å². The quantitative estimate of drug-likeness (QED) is 0.0379. The highest BCUT2D eigenvalue weighted by Crippen LogP contribution is 2.26. The first-order valence-electron chi connectivity index (χ1n) is 21.7. The number of carbonyl (C=O) groups excluding carboxylic acids is 1. The molecule has 1 unspecified atom stereocenters. The molecule has 3 nitrogen and oxygen atoms in total. The van der Waals surface area contributed by atoms with Crippen LogP contribution in [0, 0.1) is 0 Å². The normalized spacial score (nSPS) is 11.9. The smallest absolute Gasteiger partial charge is 0.343 e. The molecule has 0 spiro atoms. The van der Waals surface area contributed by atoms with E-state index in [-0.39, 0.29) is 12.1 Å². The van der Waals surface area contributed by atoms with Gasteiger partial charge in [0.25, 0.3) is 0 Å². The van der Waals surface area contributed by atoms with Crippen molar-refractivity contribution in [1.82, 2.24) is 0 Å². The van der Waals surface area contributed by atoms with Crippen molar-refractivity contribution in [2.24, 2.45) is 0 Å². The minimum atomic E-state index is -0.307. The summed E-state index contributed by atoms with van der Waals surface area (Å²) in [6, 6.07) is 24.3. The van der Waals surface area contributed by atoms with E-state index < -0.39 is 0 Å². The monoisotopic (exact) mass is 711 g/mol. The Bertz CT molecular complexity index is 1290. The molecule has 0 aliphatic rings. The molecule has 0 aliphatic heterocycles. The number of esters is 1. The van der Waals surface area contributed by atoms with Gasteiger partial charge in [-0.15, -0.1) is 0 Å². The Morgan fingerprint density at radius 3 is 1.42 bits per heavy atom. The van der Waals surface area contributed by atoms with Crippen LogP contribution < -0.4 is 4.74 Å². The second-order valence-electron chi connectivity index (χ2n) is 15.2. The maximum absolute atomic E-state index is 13.0. The second kappa shape index (κ2) is 28.6. The van der Waals surface area contributed by atoms with E-state index in [1.165, 1.54) is 147 Å². The zero-order valence-electron chi connectivity index (χ0n) is 33.6. The summed E-state index contributed by atoms with van der Waals surface area (Å²) in [6.07, 6.45) is 33.6. The van der Waals surface area contributed by atoms with Gasteiger partial charge >= 0.3 is 5.97 Å². The van der Waals surface area contributed by atoms with Crippen LogP contribution in [0.5, 0.6) is 5.75 Å². The molecule has 0 N–H and O–H groups in total. The molecule has 0 heterocycles. The summed E-state index contributed by atoms with van der Waals surface area (Å²) in [5.74, 6) is 0.371. The Labute approximate surface area is 319 Å². The highest BCUT2D eigenvalue weighted by Gasteiger charge is 2.13. The van der Waals surface area contributed by atoms with Crippen molar-refractivity contribution in [3.8, 4) is 16.9 Å². The summed E-state index contributed by atoms with van der Waals surface area (Å²) in [5, 5.41) is 0. The van der Waals surface area contributed by atoms with Gasteiger partial charge in [0.05, 0.1) is 11.7 Å². The lowest BCUT2D eigenvalue weighted by Gasteiger charge is -2.14. The van der Waals surface area contributed by atoms with E-state index in [0.717, 1.165) is 42.6 Å². The molecule has 0 bridgehead atoms. The van der Waals surface area contributed by atoms with E-state index >= 15 is 0 Å². The summed E-state index contributed by atoms with van der Waals surface area (Å²) in [4.78, 5) is 13.0. The molecule has 0 saturated carbocycles. The molecular formula is C49H74O3. The number of para-hydroxylation sites is 1. The molecule has 0 fully saturated rings. The van der Waals surface area contributed by atoms with E-state index in [4.69, 9.17) is 9.47 Å². The first-order chi connectivity index (χ1) is 25.6. The molecule has 0 aromatic heterocycles. The minimum absolute atomic E-state index is 0.0842. The third-order valence-corrected chi connectivity index (χ3v) is 10.7. The number of benzene rings is 3. The highest BCUT2D eigenvalue weighted by molar-refractivity contribution is 5.91. The maximum atomic E-state index is 13.0. The third-order valence-electron chi connectivity index (χ3n) is 10.7. The van der Waals surface area contributed by atoms with Crippen molar-refractivity contribution in [3.05, 3.63) is 89.5 Å². The van der Waals surface area contributed by atoms with Crippen molar-refractivity contribution in [2.45, 2.75) is 187 Å². The fourth-order valence-corrected chi connectivity index (χ4v) is 7.17. The Hall–Kier alpha value is -2.91. The standard InChI is InChI=1S/C49H74O3/c1-4-6-8-10-12-13-14-15-16-17-18-19-20-21-22-23-25-29-41-51-42(3)43-33-35-44(36-34-43)45-37-39-47(40-38-45)49(50)52-48-32-28-27-31-46(48)30-26-24-11-9-7-5-2/h27-28,31-40,42H,4-26,29-30,41H2,1-3H3. The summed E-state index contributed by atoms with van der Waals surface area (Å²) in [7, 11) is 0. The van der Waals surface area contributed by atoms with Gasteiger partial charge in [-0.3, -0.25) is 0 Å². The number of aryl methyl sites for hydroxylation is 1. The summed E-state index contributed by atoms with van der Waals surface area (Å²) in [5.41, 5.74) is 5.08. The van der Waals surface area contributed by atoms with Gasteiger partial charge in [-0.2, -0.15) is 0 Å². The number of hydrogen-bond donors (Lipinski definition) is 0. The number of unbranched alkanes of at least 4 members (excludes halogenated alkanes) is 22. The molecule has 3 rings (SSSR count). The number of hydrogen-bond acceptors (Lipinski definition) is 3. The Balaban J connectivity index is 1.24. The predicted octanol–water partition coefficient (Wildman–Crippen LogP) is 15.6. The fourth-order valence-electron chi connectivity index (χ4n) is 7.17. The van der Waals surface area contributed by atoms with Crippen LogP contribution >= 0.6 is 0 Å². The third kappa shape index (κ3) is 18.7. The van der Waals surface area contributed by atoms with Gasteiger partial charge < -0.3 is 9.47 Å². The van der Waals surface area contributed by atoms with Gasteiger partial charge in [-0.25, -0.2) is 4.79 Å². The van der Waals surface area contributed by atoms with Crippen LogP contribution in [0.4, 0.5) is 0 Å². The van der Waals surface area contributed by atoms with Crippen LogP contribution in [-0.4, -0.2) is 12.6 Å². The first-order valence-corrected chi connectivity index (χ1v) is 21.7. The van der Waals surface area contributed by atoms with Crippen molar-refractivity contribution < 1.29 is 14.3 Å². The van der Waals surface area contributed by atoms with Crippen LogP contribution in [0.2, 0.25) is 0 Å². The SMILES string of the molecule is CCCCCCCCCCCCCCCCCCCCOC(C)c1ccc(-c2ccc(C(=O)Oc3ccccc3CCCCCCCC)cc2)cc1. The van der Waals surface area contributed by atoms with Gasteiger partial charge in [0.15, 0.2) is 0 Å². The summed E-state index contributed by atoms with van der Waals surface area (Å²) in [6.45, 7) is 7.51. The highest BCUT2D eigenvalue weighted by atomic mass is 16.5. The van der Waals surface area contributed by atoms with Crippen LogP contribution in [-0.2, 0) is 11.2 Å². The molecule has 0 aliphatic carbocycles. The van der Waals surface area contributed by atoms with E-state index in [2.05, 4.69) is 51.1 Å². The van der Waals surface area contributed by atoms with E-state index in [1.54, 1.807) is 0 Å². The van der Waals surface area contributed by atoms with Crippen molar-refractivity contribution >= 4 is 5.97 Å². The molecule has 0 amide bonds. The Morgan fingerprint density at radius 2 is 0.923 bits per heavy atom. The lowest BCUT2D eigenvalue weighted by molar-refractivity contribution is 0.0627. The lowest BCUT2D eigenvalue weighted by Crippen LogP contribution is -2.09. The van der Waals surface area contributed by atoms with Crippen LogP contribution in [0.1, 0.15) is 202 Å². The first kappa shape index (κ1) is 43.5. The zero-order chi connectivity index (χ0) is 36.9. The summed E-state index contributed by atoms with van der Waals surface area (Å²) < 4.78 is 12.1. The van der Waals surface area contributed by atoms with Crippen molar-refractivity contribution in [1.29, 1.82) is 0 Å². The Morgan fingerprint density at radius 1 is 0.500 bits per heavy atom. The largest absolute Gasteiger partial charge is 0.423 e. The molecule has 0 radical (unpaired) electrons. The van der Waals surface area contributed by atoms with Crippen LogP contribution in [0.25, 0.3) is 11.1 Å². The second-order valence-corrected chi connectivity index (χ2v) is 15.2. The van der Waals surface area contributed by atoms with E-state index in [0.29, 0.717) is 11.3 Å². The van der Waals surface area contributed by atoms with Gasteiger partial charge in [-0.05, 0) is 66.6 Å². The van der Waals surface area contributed by atoms with Crippen molar-refractivity contribution in [3.63, 3.8) is 0 Å². The molecule has 52 heavy (non-hydrogen) atoms. The zero-order valence-corrected chi connectivity index (χ0v) is 33.6. The van der Waals surface area contributed by atoms with Crippen LogP contribution in [0.3, 0.4) is 0 Å². The molecule has 1 atom stereocenters. The molecular weight excluding hydrogens is 637 g/mol. The number of ether oxygens (including phenoxy) is 2. The molecule has 0 saturated heterocycles. The van der Waals surface area contributed by atoms with Crippen molar-refractivity contribution in [2.75, 3.05) is 6.61 Å². The van der Waals surface area contributed by atoms with Gasteiger partial charge in [0.2, 0.25) is 0 Å². The Kier molecular flexibility index (Phi) is 23.9. The summed E-state index contributed by atoms with van der Waals surface area (Å²) >= 11 is 0. The molecule has 3 heteroatoms. The average molecular weight is 711 g/mol. The molecule has 288 valence electrons. The topological polar surface area (TPSA) is 35.5 Å². The van der Waals surface area contributed by atoms with Gasteiger partial charge in [0, 0.05) is 6.61 Å². The number of carbonyl (C=O) groups is 1. The fraction of sp³-hybridized carbons (Fsp3) is 0.612.